The highest BCUT2D eigenvalue weighted by molar-refractivity contribution is 7.89. The molecule has 0 aliphatic rings. The Bertz CT molecular complexity index is 921. The number of aromatic nitrogens is 1. The predicted octanol–water partition coefficient (Wildman–Crippen LogP) is 1.75. The number of benzene rings is 1. The summed E-state index contributed by atoms with van der Waals surface area (Å²) in [6, 6.07) is 7.02. The van der Waals surface area contributed by atoms with Gasteiger partial charge in [0.1, 0.15) is 5.76 Å². The number of oxazole rings is 1. The molecule has 0 radical (unpaired) electrons. The Hall–Kier alpha value is -2.32. The number of aromatic amines is 1. The number of hydrogen-bond acceptors (Lipinski definition) is 5. The highest BCUT2D eigenvalue weighted by Gasteiger charge is 2.20. The van der Waals surface area contributed by atoms with Crippen LogP contribution in [0.1, 0.15) is 18.7 Å². The van der Waals surface area contributed by atoms with Crippen LogP contribution < -0.4 is 10.5 Å². The van der Waals surface area contributed by atoms with Crippen molar-refractivity contribution < 1.29 is 17.3 Å². The van der Waals surface area contributed by atoms with Gasteiger partial charge in [0, 0.05) is 6.07 Å². The lowest BCUT2D eigenvalue weighted by Gasteiger charge is -2.11. The first-order valence-electron chi connectivity index (χ1n) is 6.14. The van der Waals surface area contributed by atoms with E-state index in [4.69, 9.17) is 8.83 Å². The SMILES string of the molecule is CC(NS(=O)(=O)c1ccc2[nH]c(=O)oc2c1)c1ccco1. The average molecular weight is 308 g/mol. The van der Waals surface area contributed by atoms with Crippen LogP contribution in [0.25, 0.3) is 11.1 Å². The summed E-state index contributed by atoms with van der Waals surface area (Å²) in [5.41, 5.74) is 0.631. The van der Waals surface area contributed by atoms with Gasteiger partial charge in [-0.25, -0.2) is 17.9 Å². The Balaban J connectivity index is 1.94. The lowest BCUT2D eigenvalue weighted by molar-refractivity contribution is 0.459. The van der Waals surface area contributed by atoms with E-state index in [9.17, 15) is 13.2 Å². The van der Waals surface area contributed by atoms with Crippen molar-refractivity contribution in [3.05, 3.63) is 52.9 Å². The van der Waals surface area contributed by atoms with Gasteiger partial charge in [-0.15, -0.1) is 0 Å². The van der Waals surface area contributed by atoms with E-state index >= 15 is 0 Å². The van der Waals surface area contributed by atoms with Crippen molar-refractivity contribution in [2.45, 2.75) is 17.9 Å². The second kappa shape index (κ2) is 4.90. The first-order chi connectivity index (χ1) is 9.95. The van der Waals surface area contributed by atoms with E-state index in [0.717, 1.165) is 0 Å². The molecule has 0 bridgehead atoms. The van der Waals surface area contributed by atoms with Crippen LogP contribution in [0.2, 0.25) is 0 Å². The monoisotopic (exact) mass is 308 g/mol. The van der Waals surface area contributed by atoms with Gasteiger partial charge < -0.3 is 8.83 Å². The maximum absolute atomic E-state index is 12.3. The molecular weight excluding hydrogens is 296 g/mol. The van der Waals surface area contributed by atoms with Gasteiger partial charge in [-0.3, -0.25) is 4.98 Å². The Morgan fingerprint density at radius 1 is 1.29 bits per heavy atom. The number of nitrogens with one attached hydrogen (secondary N) is 2. The average Bonchev–Trinajstić information content (AvgIpc) is 3.04. The number of hydrogen-bond donors (Lipinski definition) is 2. The van der Waals surface area contributed by atoms with Crippen LogP contribution in [-0.4, -0.2) is 13.4 Å². The Kier molecular flexibility index (Phi) is 3.19. The van der Waals surface area contributed by atoms with Crippen molar-refractivity contribution in [3.63, 3.8) is 0 Å². The van der Waals surface area contributed by atoms with Crippen molar-refractivity contribution in [1.82, 2.24) is 9.71 Å². The minimum atomic E-state index is -3.75. The summed E-state index contributed by atoms with van der Waals surface area (Å²) in [4.78, 5) is 13.5. The van der Waals surface area contributed by atoms with Gasteiger partial charge in [0.05, 0.1) is 22.7 Å². The van der Waals surface area contributed by atoms with E-state index in [0.29, 0.717) is 11.3 Å². The van der Waals surface area contributed by atoms with E-state index in [2.05, 4.69) is 9.71 Å². The molecule has 8 heteroatoms. The molecule has 2 heterocycles. The van der Waals surface area contributed by atoms with E-state index in [1.54, 1.807) is 19.1 Å². The van der Waals surface area contributed by atoms with E-state index in [1.165, 1.54) is 24.5 Å². The van der Waals surface area contributed by atoms with Gasteiger partial charge in [-0.2, -0.15) is 0 Å². The molecule has 0 amide bonds. The van der Waals surface area contributed by atoms with Gasteiger partial charge in [-0.1, -0.05) is 0 Å². The van der Waals surface area contributed by atoms with Gasteiger partial charge >= 0.3 is 5.76 Å². The van der Waals surface area contributed by atoms with Crippen LogP contribution >= 0.6 is 0 Å². The van der Waals surface area contributed by atoms with Gasteiger partial charge in [-0.05, 0) is 31.2 Å². The summed E-state index contributed by atoms with van der Waals surface area (Å²) in [6.45, 7) is 1.67. The van der Waals surface area contributed by atoms with Crippen LogP contribution in [0.4, 0.5) is 0 Å². The smallest absolute Gasteiger partial charge is 0.417 e. The van der Waals surface area contributed by atoms with Crippen LogP contribution in [-0.2, 0) is 10.0 Å². The first-order valence-corrected chi connectivity index (χ1v) is 7.63. The predicted molar refractivity (Wildman–Crippen MR) is 74.3 cm³/mol. The Labute approximate surface area is 119 Å². The zero-order valence-electron chi connectivity index (χ0n) is 11.0. The number of H-pyrrole nitrogens is 1. The zero-order valence-corrected chi connectivity index (χ0v) is 11.8. The summed E-state index contributed by atoms with van der Waals surface area (Å²) >= 11 is 0. The molecule has 1 aromatic carbocycles. The molecule has 0 saturated heterocycles. The van der Waals surface area contributed by atoms with Gasteiger partial charge in [0.25, 0.3) is 0 Å². The quantitative estimate of drug-likeness (QED) is 0.764. The molecule has 3 aromatic rings. The molecule has 2 aromatic heterocycles. The maximum Gasteiger partial charge on any atom is 0.417 e. The number of rotatable bonds is 4. The normalized spacial score (nSPS) is 13.6. The van der Waals surface area contributed by atoms with E-state index in [-0.39, 0.29) is 10.5 Å². The fourth-order valence-corrected chi connectivity index (χ4v) is 3.22. The molecule has 7 nitrogen and oxygen atoms in total. The minimum absolute atomic E-state index is 0.0103. The van der Waals surface area contributed by atoms with E-state index < -0.39 is 21.8 Å². The van der Waals surface area contributed by atoms with Gasteiger partial charge in [0.15, 0.2) is 5.58 Å². The van der Waals surface area contributed by atoms with Crippen molar-refractivity contribution in [1.29, 1.82) is 0 Å². The molecule has 1 atom stereocenters. The van der Waals surface area contributed by atoms with Crippen LogP contribution in [0.5, 0.6) is 0 Å². The lowest BCUT2D eigenvalue weighted by atomic mass is 10.3. The topological polar surface area (TPSA) is 105 Å². The molecule has 0 saturated carbocycles. The van der Waals surface area contributed by atoms with Crippen LogP contribution in [0, 0.1) is 0 Å². The molecule has 0 aliphatic heterocycles. The minimum Gasteiger partial charge on any atom is -0.468 e. The highest BCUT2D eigenvalue weighted by atomic mass is 32.2. The number of fused-ring (bicyclic) bond motifs is 1. The summed E-state index contributed by atoms with van der Waals surface area (Å²) in [6.07, 6.45) is 1.47. The molecule has 0 spiro atoms. The molecule has 3 rings (SSSR count). The summed E-state index contributed by atoms with van der Waals surface area (Å²) < 4.78 is 37.1. The third kappa shape index (κ3) is 2.63. The standard InChI is InChI=1S/C13H12N2O5S/c1-8(11-3-2-6-19-11)15-21(17,18)9-4-5-10-12(7-9)20-13(16)14-10/h2-8,15H,1H3,(H,14,16). The molecule has 2 N–H and O–H groups in total. The third-order valence-electron chi connectivity index (χ3n) is 3.00. The maximum atomic E-state index is 12.3. The summed E-state index contributed by atoms with van der Waals surface area (Å²) in [5, 5.41) is 0. The first kappa shape index (κ1) is 13.7. The highest BCUT2D eigenvalue weighted by Crippen LogP contribution is 2.20. The lowest BCUT2D eigenvalue weighted by Crippen LogP contribution is -2.26. The fraction of sp³-hybridized carbons (Fsp3) is 0.154. The number of sulfonamides is 1. The molecule has 1 unspecified atom stereocenters. The Morgan fingerprint density at radius 2 is 2.10 bits per heavy atom. The van der Waals surface area contributed by atoms with Crippen LogP contribution in [0.15, 0.2) is 55.1 Å². The molecular formula is C13H12N2O5S. The fourth-order valence-electron chi connectivity index (χ4n) is 1.99. The van der Waals surface area contributed by atoms with E-state index in [1.807, 2.05) is 0 Å². The Morgan fingerprint density at radius 3 is 2.81 bits per heavy atom. The molecule has 0 aliphatic carbocycles. The molecule has 21 heavy (non-hydrogen) atoms. The second-order valence-electron chi connectivity index (χ2n) is 4.53. The van der Waals surface area contributed by atoms with Crippen molar-refractivity contribution in [2.24, 2.45) is 0 Å². The summed E-state index contributed by atoms with van der Waals surface area (Å²) in [7, 11) is -3.75. The van der Waals surface area contributed by atoms with Crippen molar-refractivity contribution in [2.75, 3.05) is 0 Å². The van der Waals surface area contributed by atoms with Gasteiger partial charge in [0.2, 0.25) is 10.0 Å². The van der Waals surface area contributed by atoms with Crippen molar-refractivity contribution >= 4 is 21.1 Å². The summed E-state index contributed by atoms with van der Waals surface area (Å²) in [5.74, 6) is -0.121. The molecule has 110 valence electrons. The number of furan rings is 1. The zero-order chi connectivity index (χ0) is 15.0. The van der Waals surface area contributed by atoms with Crippen LogP contribution in [0.3, 0.4) is 0 Å². The largest absolute Gasteiger partial charge is 0.468 e. The third-order valence-corrected chi connectivity index (χ3v) is 4.54. The second-order valence-corrected chi connectivity index (χ2v) is 6.24. The van der Waals surface area contributed by atoms with Crippen molar-refractivity contribution in [3.8, 4) is 0 Å². The molecule has 0 fully saturated rings.